The molecule has 0 atom stereocenters. The number of aliphatic hydroxyl groups is 1. The van der Waals surface area contributed by atoms with E-state index in [0.717, 1.165) is 18.5 Å². The van der Waals surface area contributed by atoms with Gasteiger partial charge in [0.2, 0.25) is 11.8 Å². The van der Waals surface area contributed by atoms with Gasteiger partial charge in [0.1, 0.15) is 0 Å². The van der Waals surface area contributed by atoms with E-state index in [1.807, 2.05) is 6.07 Å². The highest BCUT2D eigenvalue weighted by molar-refractivity contribution is 5.71. The van der Waals surface area contributed by atoms with E-state index in [0.29, 0.717) is 24.4 Å². The maximum atomic E-state index is 11.9. The highest BCUT2D eigenvalue weighted by atomic mass is 16.6. The molecule has 1 amide bonds. The van der Waals surface area contributed by atoms with E-state index in [4.69, 9.17) is 9.47 Å². The SMILES string of the molecule is CC(C)(CO)NC(=O)Oc1ccc(NC2CC2)c(OCC2CC2)n1. The molecule has 2 aliphatic carbocycles. The van der Waals surface area contributed by atoms with E-state index in [1.54, 1.807) is 19.9 Å². The van der Waals surface area contributed by atoms with Gasteiger partial charge in [0.25, 0.3) is 0 Å². The van der Waals surface area contributed by atoms with Crippen LogP contribution in [0.15, 0.2) is 12.1 Å². The van der Waals surface area contributed by atoms with E-state index in [9.17, 15) is 9.90 Å². The Morgan fingerprint density at radius 2 is 2.08 bits per heavy atom. The molecule has 7 nitrogen and oxygen atoms in total. The Morgan fingerprint density at radius 1 is 1.33 bits per heavy atom. The van der Waals surface area contributed by atoms with Gasteiger partial charge < -0.3 is 25.2 Å². The van der Waals surface area contributed by atoms with Gasteiger partial charge in [0, 0.05) is 12.1 Å². The summed E-state index contributed by atoms with van der Waals surface area (Å²) in [6.07, 6.45) is 4.04. The molecule has 1 aromatic rings. The molecule has 0 aromatic carbocycles. The number of carbonyl (C=O) groups is 1. The molecule has 24 heavy (non-hydrogen) atoms. The molecule has 0 unspecified atom stereocenters. The van der Waals surface area contributed by atoms with Crippen LogP contribution in [-0.2, 0) is 0 Å². The minimum absolute atomic E-state index is 0.174. The van der Waals surface area contributed by atoms with Gasteiger partial charge >= 0.3 is 6.09 Å². The molecule has 0 aliphatic heterocycles. The van der Waals surface area contributed by atoms with Gasteiger partial charge in [0.15, 0.2) is 0 Å². The summed E-state index contributed by atoms with van der Waals surface area (Å²) in [6, 6.07) is 3.95. The minimum atomic E-state index is -0.754. The maximum absolute atomic E-state index is 11.9. The normalized spacial score (nSPS) is 17.3. The second-order valence-corrected chi connectivity index (χ2v) is 7.23. The molecule has 3 rings (SSSR count). The number of amides is 1. The summed E-state index contributed by atoms with van der Waals surface area (Å²) in [5.74, 6) is 1.26. The topological polar surface area (TPSA) is 92.7 Å². The molecule has 2 saturated carbocycles. The molecule has 2 aliphatic rings. The van der Waals surface area contributed by atoms with Crippen molar-refractivity contribution in [2.75, 3.05) is 18.5 Å². The average Bonchev–Trinajstić information content (AvgIpc) is 3.42. The fourth-order valence-corrected chi connectivity index (χ4v) is 2.07. The Balaban J connectivity index is 1.65. The predicted molar refractivity (Wildman–Crippen MR) is 89.4 cm³/mol. The first-order chi connectivity index (χ1) is 11.4. The van der Waals surface area contributed by atoms with Gasteiger partial charge in [-0.1, -0.05) is 0 Å². The van der Waals surface area contributed by atoms with Crippen LogP contribution in [-0.4, -0.2) is 41.0 Å². The molecule has 0 spiro atoms. The van der Waals surface area contributed by atoms with Gasteiger partial charge in [-0.05, 0) is 51.5 Å². The van der Waals surface area contributed by atoms with Gasteiger partial charge in [-0.3, -0.25) is 0 Å². The predicted octanol–water partition coefficient (Wildman–Crippen LogP) is 2.30. The van der Waals surface area contributed by atoms with Crippen molar-refractivity contribution in [3.05, 3.63) is 12.1 Å². The van der Waals surface area contributed by atoms with Gasteiger partial charge in [-0.25, -0.2) is 4.79 Å². The first-order valence-electron chi connectivity index (χ1n) is 8.46. The van der Waals surface area contributed by atoms with Crippen LogP contribution in [0.1, 0.15) is 39.5 Å². The van der Waals surface area contributed by atoms with Crippen LogP contribution in [0.3, 0.4) is 0 Å². The number of hydrogen-bond donors (Lipinski definition) is 3. The molecule has 0 saturated heterocycles. The van der Waals surface area contributed by atoms with Crippen molar-refractivity contribution < 1.29 is 19.4 Å². The van der Waals surface area contributed by atoms with E-state index in [1.165, 1.54) is 12.8 Å². The number of hydrogen-bond acceptors (Lipinski definition) is 6. The number of nitrogens with one attached hydrogen (secondary N) is 2. The van der Waals surface area contributed by atoms with Crippen molar-refractivity contribution in [3.63, 3.8) is 0 Å². The van der Waals surface area contributed by atoms with Crippen molar-refractivity contribution in [1.82, 2.24) is 10.3 Å². The van der Waals surface area contributed by atoms with Crippen molar-refractivity contribution in [2.45, 2.75) is 51.1 Å². The van der Waals surface area contributed by atoms with Crippen molar-refractivity contribution in [1.29, 1.82) is 0 Å². The minimum Gasteiger partial charge on any atom is -0.476 e. The molecular weight excluding hydrogens is 310 g/mol. The van der Waals surface area contributed by atoms with Gasteiger partial charge in [-0.15, -0.1) is 0 Å². The van der Waals surface area contributed by atoms with E-state index >= 15 is 0 Å². The number of pyridine rings is 1. The third kappa shape index (κ3) is 4.99. The first kappa shape index (κ1) is 16.8. The summed E-state index contributed by atoms with van der Waals surface area (Å²) in [7, 11) is 0. The zero-order valence-electron chi connectivity index (χ0n) is 14.2. The average molecular weight is 335 g/mol. The smallest absolute Gasteiger partial charge is 0.414 e. The number of rotatable bonds is 8. The summed E-state index contributed by atoms with van der Waals surface area (Å²) in [4.78, 5) is 16.2. The standard InChI is InChI=1S/C17H25N3O4/c1-17(2,10-21)20-16(22)24-14-8-7-13(18-12-5-6-12)15(19-14)23-9-11-3-4-11/h7-8,11-12,18,21H,3-6,9-10H2,1-2H3,(H,20,22). The van der Waals surface area contributed by atoms with Crippen LogP contribution in [0.4, 0.5) is 10.5 Å². The van der Waals surface area contributed by atoms with Crippen LogP contribution in [0, 0.1) is 5.92 Å². The molecule has 0 bridgehead atoms. The highest BCUT2D eigenvalue weighted by Gasteiger charge is 2.26. The summed E-state index contributed by atoms with van der Waals surface area (Å²) in [5, 5.41) is 15.2. The molecular formula is C17H25N3O4. The van der Waals surface area contributed by atoms with Crippen LogP contribution < -0.4 is 20.1 Å². The van der Waals surface area contributed by atoms with Gasteiger partial charge in [0.05, 0.1) is 24.4 Å². The first-order valence-corrected chi connectivity index (χ1v) is 8.46. The number of carbonyl (C=O) groups excluding carboxylic acids is 1. The molecule has 7 heteroatoms. The van der Waals surface area contributed by atoms with E-state index in [-0.39, 0.29) is 12.5 Å². The molecule has 1 heterocycles. The number of nitrogens with zero attached hydrogens (tertiary/aromatic N) is 1. The number of aliphatic hydroxyl groups excluding tert-OH is 1. The molecule has 132 valence electrons. The molecule has 1 aromatic heterocycles. The second kappa shape index (κ2) is 6.84. The Morgan fingerprint density at radius 3 is 2.71 bits per heavy atom. The largest absolute Gasteiger partial charge is 0.476 e. The lowest BCUT2D eigenvalue weighted by molar-refractivity contribution is 0.157. The lowest BCUT2D eigenvalue weighted by Crippen LogP contribution is -2.47. The summed E-state index contributed by atoms with van der Waals surface area (Å²) >= 11 is 0. The fraction of sp³-hybridized carbons (Fsp3) is 0.647. The van der Waals surface area contributed by atoms with Crippen molar-refractivity contribution in [3.8, 4) is 11.8 Å². The Bertz CT molecular complexity index is 597. The monoisotopic (exact) mass is 335 g/mol. The zero-order chi connectivity index (χ0) is 17.2. The van der Waals surface area contributed by atoms with E-state index in [2.05, 4.69) is 15.6 Å². The Kier molecular flexibility index (Phi) is 4.80. The van der Waals surface area contributed by atoms with Gasteiger partial charge in [-0.2, -0.15) is 4.98 Å². The second-order valence-electron chi connectivity index (χ2n) is 7.23. The number of anilines is 1. The third-order valence-electron chi connectivity index (χ3n) is 3.96. The van der Waals surface area contributed by atoms with Crippen molar-refractivity contribution >= 4 is 11.8 Å². The molecule has 3 N–H and O–H groups in total. The van der Waals surface area contributed by atoms with E-state index < -0.39 is 11.6 Å². The number of aromatic nitrogens is 1. The lowest BCUT2D eigenvalue weighted by atomic mass is 10.1. The number of ether oxygens (including phenoxy) is 2. The van der Waals surface area contributed by atoms with Crippen molar-refractivity contribution in [2.24, 2.45) is 5.92 Å². The third-order valence-corrected chi connectivity index (χ3v) is 3.96. The quantitative estimate of drug-likeness (QED) is 0.675. The Labute approximate surface area is 141 Å². The highest BCUT2D eigenvalue weighted by Crippen LogP contribution is 2.34. The molecule has 2 fully saturated rings. The fourth-order valence-electron chi connectivity index (χ4n) is 2.07. The van der Waals surface area contributed by atoms with Crippen LogP contribution >= 0.6 is 0 Å². The zero-order valence-corrected chi connectivity index (χ0v) is 14.2. The lowest BCUT2D eigenvalue weighted by Gasteiger charge is -2.22. The van der Waals surface area contributed by atoms with Crippen LogP contribution in [0.25, 0.3) is 0 Å². The summed E-state index contributed by atoms with van der Waals surface area (Å²) in [5.41, 5.74) is 0.0807. The summed E-state index contributed by atoms with van der Waals surface area (Å²) < 4.78 is 11.0. The van der Waals surface area contributed by atoms with Crippen LogP contribution in [0.5, 0.6) is 11.8 Å². The Hall–Kier alpha value is -2.02. The molecule has 0 radical (unpaired) electrons. The van der Waals surface area contributed by atoms with Crippen LogP contribution in [0.2, 0.25) is 0 Å². The maximum Gasteiger partial charge on any atom is 0.414 e. The summed E-state index contributed by atoms with van der Waals surface area (Å²) in [6.45, 7) is 3.86.